The largest absolute Gasteiger partial charge is 0.444 e. The van der Waals surface area contributed by atoms with E-state index >= 15 is 0 Å². The van der Waals surface area contributed by atoms with Crippen molar-refractivity contribution in [2.45, 2.75) is 45.8 Å². The molecule has 1 saturated heterocycles. The first kappa shape index (κ1) is 16.1. The van der Waals surface area contributed by atoms with Gasteiger partial charge in [-0.05, 0) is 51.8 Å². The van der Waals surface area contributed by atoms with E-state index in [4.69, 9.17) is 4.74 Å². The Morgan fingerprint density at radius 3 is 2.81 bits per heavy atom. The second-order valence-corrected chi connectivity index (χ2v) is 7.43. The number of carbonyl (C=O) groups is 1. The number of amides is 1. The van der Waals surface area contributed by atoms with E-state index in [2.05, 4.69) is 40.3 Å². The molecule has 1 unspecified atom stereocenters. The maximum Gasteiger partial charge on any atom is 0.410 e. The van der Waals surface area contributed by atoms with Gasteiger partial charge in [-0.15, -0.1) is 0 Å². The molecule has 0 aromatic heterocycles. The topological polar surface area (TPSA) is 41.6 Å². The van der Waals surface area contributed by atoms with Crippen LogP contribution in [-0.4, -0.2) is 35.7 Å². The summed E-state index contributed by atoms with van der Waals surface area (Å²) in [5.74, 6) is 0. The summed E-state index contributed by atoms with van der Waals surface area (Å²) in [4.78, 5) is 13.8. The lowest BCUT2D eigenvalue weighted by Gasteiger charge is -2.24. The summed E-state index contributed by atoms with van der Waals surface area (Å²) in [6, 6.07) is 6.45. The highest BCUT2D eigenvalue weighted by Crippen LogP contribution is 2.24. The predicted octanol–water partition coefficient (Wildman–Crippen LogP) is 4.18. The second kappa shape index (κ2) is 6.26. The van der Waals surface area contributed by atoms with Crippen molar-refractivity contribution in [1.82, 2.24) is 4.90 Å². The number of benzene rings is 1. The highest BCUT2D eigenvalue weighted by molar-refractivity contribution is 9.10. The van der Waals surface area contributed by atoms with Crippen LogP contribution in [0.1, 0.15) is 32.8 Å². The molecule has 21 heavy (non-hydrogen) atoms. The normalized spacial score (nSPS) is 18.7. The number of ether oxygens (including phenoxy) is 1. The van der Waals surface area contributed by atoms with Gasteiger partial charge >= 0.3 is 6.09 Å². The number of carbonyl (C=O) groups excluding carboxylic acids is 1. The standard InChI is InChI=1S/C16H23BrN2O2/c1-11-5-6-12(17)9-14(11)18-13-7-8-19(10-13)15(20)21-16(2,3)4/h5-6,9,13,18H,7-8,10H2,1-4H3. The Balaban J connectivity index is 1.93. The first-order chi connectivity index (χ1) is 9.74. The van der Waals surface area contributed by atoms with E-state index in [1.54, 1.807) is 4.90 Å². The van der Waals surface area contributed by atoms with Crippen LogP contribution in [0.25, 0.3) is 0 Å². The molecule has 1 aliphatic rings. The fourth-order valence-corrected chi connectivity index (χ4v) is 2.70. The number of halogens is 1. The van der Waals surface area contributed by atoms with Gasteiger partial charge in [-0.2, -0.15) is 0 Å². The lowest BCUT2D eigenvalue weighted by Crippen LogP contribution is -2.36. The minimum Gasteiger partial charge on any atom is -0.444 e. The van der Waals surface area contributed by atoms with E-state index in [-0.39, 0.29) is 12.1 Å². The van der Waals surface area contributed by atoms with Crippen molar-refractivity contribution < 1.29 is 9.53 Å². The molecule has 0 radical (unpaired) electrons. The molecule has 5 heteroatoms. The van der Waals surface area contributed by atoms with Crippen molar-refractivity contribution in [3.8, 4) is 0 Å². The van der Waals surface area contributed by atoms with E-state index in [0.29, 0.717) is 6.54 Å². The molecule has 0 saturated carbocycles. The van der Waals surface area contributed by atoms with Gasteiger partial charge in [-0.1, -0.05) is 22.0 Å². The van der Waals surface area contributed by atoms with Crippen molar-refractivity contribution in [3.63, 3.8) is 0 Å². The summed E-state index contributed by atoms with van der Waals surface area (Å²) in [5.41, 5.74) is 1.87. The van der Waals surface area contributed by atoms with Crippen LogP contribution in [0, 0.1) is 6.92 Å². The van der Waals surface area contributed by atoms with E-state index < -0.39 is 5.60 Å². The molecule has 116 valence electrons. The molecule has 1 heterocycles. The fourth-order valence-electron chi connectivity index (χ4n) is 2.34. The van der Waals surface area contributed by atoms with E-state index in [0.717, 1.165) is 23.1 Å². The van der Waals surface area contributed by atoms with Gasteiger partial charge in [0.25, 0.3) is 0 Å². The Kier molecular flexibility index (Phi) is 4.81. The van der Waals surface area contributed by atoms with Gasteiger partial charge in [0, 0.05) is 29.3 Å². The number of rotatable bonds is 2. The average molecular weight is 355 g/mol. The Hall–Kier alpha value is -1.23. The number of nitrogens with one attached hydrogen (secondary N) is 1. The number of hydrogen-bond donors (Lipinski definition) is 1. The van der Waals surface area contributed by atoms with Crippen molar-refractivity contribution in [2.24, 2.45) is 0 Å². The summed E-state index contributed by atoms with van der Waals surface area (Å²) in [5, 5.41) is 3.52. The Morgan fingerprint density at radius 1 is 1.43 bits per heavy atom. The first-order valence-corrected chi connectivity index (χ1v) is 8.04. The first-order valence-electron chi connectivity index (χ1n) is 7.25. The maximum absolute atomic E-state index is 12.0. The Morgan fingerprint density at radius 2 is 2.14 bits per heavy atom. The molecular formula is C16H23BrN2O2. The number of aryl methyl sites for hydroxylation is 1. The van der Waals surface area contributed by atoms with Crippen LogP contribution < -0.4 is 5.32 Å². The summed E-state index contributed by atoms with van der Waals surface area (Å²) in [7, 11) is 0. The molecule has 2 rings (SSSR count). The van der Waals surface area contributed by atoms with Crippen molar-refractivity contribution >= 4 is 27.7 Å². The molecular weight excluding hydrogens is 332 g/mol. The van der Waals surface area contributed by atoms with Gasteiger partial charge in [-0.25, -0.2) is 4.79 Å². The van der Waals surface area contributed by atoms with E-state index in [1.807, 2.05) is 26.8 Å². The minimum absolute atomic E-state index is 0.224. The van der Waals surface area contributed by atoms with Crippen molar-refractivity contribution in [3.05, 3.63) is 28.2 Å². The third-order valence-electron chi connectivity index (χ3n) is 3.40. The van der Waals surface area contributed by atoms with Crippen LogP contribution in [0.3, 0.4) is 0 Å². The maximum atomic E-state index is 12.0. The summed E-state index contributed by atoms with van der Waals surface area (Å²) >= 11 is 3.49. The van der Waals surface area contributed by atoms with Crippen LogP contribution in [0.5, 0.6) is 0 Å². The predicted molar refractivity (Wildman–Crippen MR) is 88.7 cm³/mol. The summed E-state index contributed by atoms with van der Waals surface area (Å²) in [6.45, 7) is 9.17. The molecule has 1 amide bonds. The molecule has 1 fully saturated rings. The highest BCUT2D eigenvalue weighted by Gasteiger charge is 2.29. The van der Waals surface area contributed by atoms with Crippen LogP contribution in [-0.2, 0) is 4.74 Å². The monoisotopic (exact) mass is 354 g/mol. The smallest absolute Gasteiger partial charge is 0.410 e. The molecule has 0 aliphatic carbocycles. The molecule has 1 N–H and O–H groups in total. The van der Waals surface area contributed by atoms with Gasteiger partial charge in [0.05, 0.1) is 0 Å². The molecule has 1 aliphatic heterocycles. The zero-order chi connectivity index (χ0) is 15.6. The second-order valence-electron chi connectivity index (χ2n) is 6.52. The van der Waals surface area contributed by atoms with Gasteiger partial charge in [-0.3, -0.25) is 0 Å². The number of hydrogen-bond acceptors (Lipinski definition) is 3. The van der Waals surface area contributed by atoms with E-state index in [1.165, 1.54) is 5.56 Å². The quantitative estimate of drug-likeness (QED) is 0.865. The van der Waals surface area contributed by atoms with Gasteiger partial charge in [0.15, 0.2) is 0 Å². The Bertz CT molecular complexity index is 525. The van der Waals surface area contributed by atoms with Crippen LogP contribution >= 0.6 is 15.9 Å². The minimum atomic E-state index is -0.441. The zero-order valence-corrected chi connectivity index (χ0v) is 14.7. The third kappa shape index (κ3) is 4.63. The van der Waals surface area contributed by atoms with Crippen LogP contribution in [0.2, 0.25) is 0 Å². The summed E-state index contributed by atoms with van der Waals surface area (Å²) in [6.07, 6.45) is 0.711. The molecule has 1 atom stereocenters. The number of nitrogens with zero attached hydrogens (tertiary/aromatic N) is 1. The highest BCUT2D eigenvalue weighted by atomic mass is 79.9. The molecule has 0 bridgehead atoms. The van der Waals surface area contributed by atoms with Gasteiger partial charge < -0.3 is 15.0 Å². The zero-order valence-electron chi connectivity index (χ0n) is 13.1. The fraction of sp³-hybridized carbons (Fsp3) is 0.562. The van der Waals surface area contributed by atoms with Crippen LogP contribution in [0.4, 0.5) is 10.5 Å². The van der Waals surface area contributed by atoms with Gasteiger partial charge in [0.2, 0.25) is 0 Å². The number of likely N-dealkylation sites (tertiary alicyclic amines) is 1. The van der Waals surface area contributed by atoms with Crippen molar-refractivity contribution in [1.29, 1.82) is 0 Å². The van der Waals surface area contributed by atoms with Gasteiger partial charge in [0.1, 0.15) is 5.60 Å². The Labute approximate surface area is 135 Å². The lowest BCUT2D eigenvalue weighted by atomic mass is 10.1. The molecule has 0 spiro atoms. The SMILES string of the molecule is Cc1ccc(Br)cc1NC1CCN(C(=O)OC(C)(C)C)C1. The molecule has 1 aromatic rings. The van der Waals surface area contributed by atoms with Crippen LogP contribution in [0.15, 0.2) is 22.7 Å². The van der Waals surface area contributed by atoms with Crippen molar-refractivity contribution in [2.75, 3.05) is 18.4 Å². The summed E-state index contributed by atoms with van der Waals surface area (Å²) < 4.78 is 6.47. The molecule has 4 nitrogen and oxygen atoms in total. The molecule has 1 aromatic carbocycles. The lowest BCUT2D eigenvalue weighted by molar-refractivity contribution is 0.0293. The third-order valence-corrected chi connectivity index (χ3v) is 3.89. The average Bonchev–Trinajstić information content (AvgIpc) is 2.80. The number of anilines is 1. The van der Waals surface area contributed by atoms with E-state index in [9.17, 15) is 4.79 Å².